The van der Waals surface area contributed by atoms with Crippen molar-refractivity contribution in [3.8, 4) is 5.75 Å². The molecule has 1 heterocycles. The van der Waals surface area contributed by atoms with Crippen LogP contribution in [0.4, 0.5) is 0 Å². The second kappa shape index (κ2) is 8.50. The lowest BCUT2D eigenvalue weighted by molar-refractivity contribution is -0.156. The van der Waals surface area contributed by atoms with Crippen LogP contribution in [0, 0.1) is 13.8 Å². The Morgan fingerprint density at radius 2 is 1.80 bits per heavy atom. The molecule has 2 amide bonds. The van der Waals surface area contributed by atoms with Gasteiger partial charge >= 0.3 is 5.97 Å². The molecule has 2 N–H and O–H groups in total. The number of nitrogens with two attached hydrogens (primary N) is 1. The maximum atomic E-state index is 12.2. The first-order valence-electron chi connectivity index (χ1n) is 8.32. The number of piperidine rings is 1. The fraction of sp³-hybridized carbons (Fsp3) is 0.500. The Bertz CT molecular complexity index is 639. The van der Waals surface area contributed by atoms with E-state index in [0.717, 1.165) is 24.0 Å². The molecule has 1 saturated heterocycles. The normalized spacial score (nSPS) is 17.0. The van der Waals surface area contributed by atoms with Crippen LogP contribution in [0.1, 0.15) is 30.4 Å². The van der Waals surface area contributed by atoms with E-state index in [2.05, 4.69) is 0 Å². The van der Waals surface area contributed by atoms with Gasteiger partial charge in [-0.25, -0.2) is 4.79 Å². The maximum absolute atomic E-state index is 12.2. The van der Waals surface area contributed by atoms with Crippen molar-refractivity contribution in [1.29, 1.82) is 0 Å². The van der Waals surface area contributed by atoms with E-state index in [1.165, 1.54) is 4.90 Å². The molecule has 0 radical (unpaired) electrons. The molecule has 1 fully saturated rings. The molecule has 1 atom stereocenters. The van der Waals surface area contributed by atoms with Crippen molar-refractivity contribution < 1.29 is 23.9 Å². The van der Waals surface area contributed by atoms with Crippen LogP contribution in [0.15, 0.2) is 18.2 Å². The number of carbonyl (C=O) groups is 3. The van der Waals surface area contributed by atoms with Crippen LogP contribution in [0.2, 0.25) is 0 Å². The van der Waals surface area contributed by atoms with Gasteiger partial charge in [-0.05, 0) is 56.4 Å². The number of esters is 1. The summed E-state index contributed by atoms with van der Waals surface area (Å²) in [5.74, 6) is -1.01. The zero-order valence-corrected chi connectivity index (χ0v) is 14.6. The van der Waals surface area contributed by atoms with Crippen LogP contribution in [-0.4, -0.2) is 48.5 Å². The fourth-order valence-electron chi connectivity index (χ4n) is 2.95. The van der Waals surface area contributed by atoms with Gasteiger partial charge in [0.25, 0.3) is 5.91 Å². The highest BCUT2D eigenvalue weighted by molar-refractivity contribution is 5.88. The van der Waals surface area contributed by atoms with Crippen molar-refractivity contribution in [1.82, 2.24) is 4.90 Å². The number of carbonyl (C=O) groups excluding carboxylic acids is 3. The molecular formula is C18H24N2O5. The number of rotatable bonds is 6. The minimum absolute atomic E-state index is 0.282. The van der Waals surface area contributed by atoms with E-state index in [9.17, 15) is 14.4 Å². The SMILES string of the molecule is Cc1cc(C)cc(OCC(=O)OCC(=O)N2CCCC[C@@H]2C(N)=O)c1. The lowest BCUT2D eigenvalue weighted by Gasteiger charge is -2.33. The van der Waals surface area contributed by atoms with Crippen molar-refractivity contribution in [3.05, 3.63) is 29.3 Å². The van der Waals surface area contributed by atoms with Crippen molar-refractivity contribution >= 4 is 17.8 Å². The molecular weight excluding hydrogens is 324 g/mol. The van der Waals surface area contributed by atoms with Crippen LogP contribution < -0.4 is 10.5 Å². The molecule has 0 saturated carbocycles. The first-order valence-corrected chi connectivity index (χ1v) is 8.32. The lowest BCUT2D eigenvalue weighted by Crippen LogP contribution is -2.51. The van der Waals surface area contributed by atoms with Gasteiger partial charge in [0.15, 0.2) is 13.2 Å². The number of likely N-dealkylation sites (tertiary alicyclic amines) is 1. The third-order valence-electron chi connectivity index (χ3n) is 4.06. The maximum Gasteiger partial charge on any atom is 0.344 e. The Hall–Kier alpha value is -2.57. The zero-order chi connectivity index (χ0) is 18.4. The minimum atomic E-state index is -0.639. The molecule has 0 aliphatic carbocycles. The van der Waals surface area contributed by atoms with Crippen LogP contribution in [0.25, 0.3) is 0 Å². The Morgan fingerprint density at radius 3 is 2.44 bits per heavy atom. The predicted octanol–water partition coefficient (Wildman–Crippen LogP) is 1.09. The number of primary amides is 1. The molecule has 7 nitrogen and oxygen atoms in total. The molecule has 1 aromatic carbocycles. The van der Waals surface area contributed by atoms with Crippen LogP contribution in [0.5, 0.6) is 5.75 Å². The number of hydrogen-bond donors (Lipinski definition) is 1. The Balaban J connectivity index is 1.80. The average molecular weight is 348 g/mol. The zero-order valence-electron chi connectivity index (χ0n) is 14.6. The molecule has 2 rings (SSSR count). The third-order valence-corrected chi connectivity index (χ3v) is 4.06. The van der Waals surface area contributed by atoms with Gasteiger partial charge in [-0.2, -0.15) is 0 Å². The monoisotopic (exact) mass is 348 g/mol. The van der Waals surface area contributed by atoms with E-state index in [0.29, 0.717) is 18.7 Å². The smallest absolute Gasteiger partial charge is 0.344 e. The largest absolute Gasteiger partial charge is 0.482 e. The van der Waals surface area contributed by atoms with E-state index in [4.69, 9.17) is 15.2 Å². The number of benzene rings is 1. The highest BCUT2D eigenvalue weighted by Crippen LogP contribution is 2.17. The Morgan fingerprint density at radius 1 is 1.12 bits per heavy atom. The molecule has 0 spiro atoms. The molecule has 0 bridgehead atoms. The van der Waals surface area contributed by atoms with Gasteiger partial charge in [0.2, 0.25) is 5.91 Å². The van der Waals surface area contributed by atoms with Crippen molar-refractivity contribution in [2.45, 2.75) is 39.2 Å². The van der Waals surface area contributed by atoms with Gasteiger partial charge in [0.1, 0.15) is 11.8 Å². The average Bonchev–Trinajstić information content (AvgIpc) is 2.57. The molecule has 25 heavy (non-hydrogen) atoms. The number of nitrogens with zero attached hydrogens (tertiary/aromatic N) is 1. The first kappa shape index (κ1) is 18.8. The summed E-state index contributed by atoms with van der Waals surface area (Å²) in [4.78, 5) is 36.8. The Kier molecular flexibility index (Phi) is 6.38. The summed E-state index contributed by atoms with van der Waals surface area (Å²) in [5, 5.41) is 0. The van der Waals surface area contributed by atoms with Gasteiger partial charge in [-0.1, -0.05) is 6.07 Å². The summed E-state index contributed by atoms with van der Waals surface area (Å²) in [6, 6.07) is 5.01. The van der Waals surface area contributed by atoms with Gasteiger partial charge < -0.3 is 20.1 Å². The van der Waals surface area contributed by atoms with E-state index >= 15 is 0 Å². The highest BCUT2D eigenvalue weighted by Gasteiger charge is 2.30. The summed E-state index contributed by atoms with van der Waals surface area (Å²) in [5.41, 5.74) is 7.38. The summed E-state index contributed by atoms with van der Waals surface area (Å²) in [7, 11) is 0. The van der Waals surface area contributed by atoms with Crippen LogP contribution in [-0.2, 0) is 19.1 Å². The Labute approximate surface area is 147 Å². The van der Waals surface area contributed by atoms with Crippen molar-refractivity contribution in [3.63, 3.8) is 0 Å². The predicted molar refractivity (Wildman–Crippen MR) is 90.9 cm³/mol. The van der Waals surface area contributed by atoms with E-state index in [1.54, 1.807) is 0 Å². The molecule has 1 aromatic rings. The number of amides is 2. The summed E-state index contributed by atoms with van der Waals surface area (Å²) < 4.78 is 10.4. The first-order chi connectivity index (χ1) is 11.9. The van der Waals surface area contributed by atoms with Crippen molar-refractivity contribution in [2.24, 2.45) is 5.73 Å². The number of aryl methyl sites for hydroxylation is 2. The van der Waals surface area contributed by atoms with Gasteiger partial charge in [0, 0.05) is 6.54 Å². The standard InChI is InChI=1S/C18H24N2O5/c1-12-7-13(2)9-14(8-12)24-11-17(22)25-10-16(21)20-6-4-3-5-15(20)18(19)23/h7-9,15H,3-6,10-11H2,1-2H3,(H2,19,23)/t15-/m1/s1. The van der Waals surface area contributed by atoms with E-state index in [-0.39, 0.29) is 6.61 Å². The molecule has 0 unspecified atom stereocenters. The van der Waals surface area contributed by atoms with Crippen molar-refractivity contribution in [2.75, 3.05) is 19.8 Å². The summed E-state index contributed by atoms with van der Waals surface area (Å²) in [6.07, 6.45) is 2.20. The lowest BCUT2D eigenvalue weighted by atomic mass is 10.0. The van der Waals surface area contributed by atoms with Crippen LogP contribution >= 0.6 is 0 Å². The summed E-state index contributed by atoms with van der Waals surface area (Å²) in [6.45, 7) is 3.62. The van der Waals surface area contributed by atoms with E-state index in [1.807, 2.05) is 32.0 Å². The molecule has 0 aromatic heterocycles. The topological polar surface area (TPSA) is 98.9 Å². The molecule has 136 valence electrons. The van der Waals surface area contributed by atoms with Gasteiger partial charge in [-0.15, -0.1) is 0 Å². The minimum Gasteiger partial charge on any atom is -0.482 e. The highest BCUT2D eigenvalue weighted by atomic mass is 16.6. The molecule has 1 aliphatic rings. The molecule has 7 heteroatoms. The second-order valence-electron chi connectivity index (χ2n) is 6.27. The van der Waals surface area contributed by atoms with Gasteiger partial charge in [0.05, 0.1) is 0 Å². The second-order valence-corrected chi connectivity index (χ2v) is 6.27. The summed E-state index contributed by atoms with van der Waals surface area (Å²) >= 11 is 0. The van der Waals surface area contributed by atoms with E-state index < -0.39 is 30.4 Å². The number of hydrogen-bond acceptors (Lipinski definition) is 5. The van der Waals surface area contributed by atoms with Gasteiger partial charge in [-0.3, -0.25) is 9.59 Å². The number of ether oxygens (including phenoxy) is 2. The molecule has 1 aliphatic heterocycles. The fourth-order valence-corrected chi connectivity index (χ4v) is 2.95. The third kappa shape index (κ3) is 5.48. The quantitative estimate of drug-likeness (QED) is 0.776. The van der Waals surface area contributed by atoms with Crippen LogP contribution in [0.3, 0.4) is 0 Å².